The summed E-state index contributed by atoms with van der Waals surface area (Å²) in [6.07, 6.45) is 6.85. The van der Waals surface area contributed by atoms with Crippen molar-refractivity contribution in [3.05, 3.63) is 39.3 Å². The molecular formula is C14H19N3S. The number of nitrogens with one attached hydrogen (secondary N) is 1. The zero-order chi connectivity index (χ0) is 12.4. The Bertz CT molecular complexity index is 505. The minimum Gasteiger partial charge on any atom is -0.311 e. The lowest BCUT2D eigenvalue weighted by molar-refractivity contribution is 0.646. The van der Waals surface area contributed by atoms with Gasteiger partial charge in [-0.1, -0.05) is 0 Å². The first-order valence-electron chi connectivity index (χ1n) is 6.61. The third-order valence-corrected chi connectivity index (χ3v) is 4.81. The summed E-state index contributed by atoms with van der Waals surface area (Å²) in [5.74, 6) is 0. The highest BCUT2D eigenvalue weighted by molar-refractivity contribution is 7.12. The van der Waals surface area contributed by atoms with E-state index in [1.807, 2.05) is 29.3 Å². The fourth-order valence-electron chi connectivity index (χ4n) is 2.55. The van der Waals surface area contributed by atoms with Crippen molar-refractivity contribution in [2.24, 2.45) is 7.05 Å². The summed E-state index contributed by atoms with van der Waals surface area (Å²) in [6.45, 7) is 2.03. The SMILES string of the molecule is Cn1nccc1CCNCc1cc2c(s1)CCC2. The quantitative estimate of drug-likeness (QED) is 0.837. The van der Waals surface area contributed by atoms with Crippen LogP contribution >= 0.6 is 11.3 Å². The van der Waals surface area contributed by atoms with Gasteiger partial charge in [0.1, 0.15) is 0 Å². The van der Waals surface area contributed by atoms with Crippen LogP contribution in [0.25, 0.3) is 0 Å². The zero-order valence-corrected chi connectivity index (χ0v) is 11.6. The molecule has 0 bridgehead atoms. The highest BCUT2D eigenvalue weighted by atomic mass is 32.1. The molecule has 0 fully saturated rings. The monoisotopic (exact) mass is 261 g/mol. The Kier molecular flexibility index (Phi) is 3.48. The van der Waals surface area contributed by atoms with Crippen molar-refractivity contribution in [3.8, 4) is 0 Å². The van der Waals surface area contributed by atoms with E-state index in [1.54, 1.807) is 10.4 Å². The molecule has 1 aliphatic rings. The molecule has 3 nitrogen and oxygen atoms in total. The average molecular weight is 261 g/mol. The molecule has 0 saturated heterocycles. The van der Waals surface area contributed by atoms with Crippen LogP contribution in [0, 0.1) is 0 Å². The van der Waals surface area contributed by atoms with Crippen molar-refractivity contribution < 1.29 is 0 Å². The molecule has 0 atom stereocenters. The van der Waals surface area contributed by atoms with Gasteiger partial charge in [0.05, 0.1) is 0 Å². The molecule has 0 radical (unpaired) electrons. The Hall–Kier alpha value is -1.13. The minimum absolute atomic E-state index is 1.01. The van der Waals surface area contributed by atoms with E-state index in [9.17, 15) is 0 Å². The van der Waals surface area contributed by atoms with Crippen molar-refractivity contribution in [2.45, 2.75) is 32.2 Å². The maximum Gasteiger partial charge on any atom is 0.0492 e. The van der Waals surface area contributed by atoms with Crippen LogP contribution in [0.2, 0.25) is 0 Å². The van der Waals surface area contributed by atoms with Gasteiger partial charge in [-0.2, -0.15) is 5.10 Å². The smallest absolute Gasteiger partial charge is 0.0492 e. The van der Waals surface area contributed by atoms with Crippen LogP contribution < -0.4 is 5.32 Å². The molecule has 0 aliphatic heterocycles. The molecule has 0 amide bonds. The third kappa shape index (κ3) is 2.49. The van der Waals surface area contributed by atoms with E-state index in [1.165, 1.54) is 29.8 Å². The fourth-order valence-corrected chi connectivity index (χ4v) is 3.78. The molecule has 0 aromatic carbocycles. The van der Waals surface area contributed by atoms with Gasteiger partial charge < -0.3 is 5.32 Å². The molecule has 3 rings (SSSR count). The second-order valence-electron chi connectivity index (χ2n) is 4.89. The van der Waals surface area contributed by atoms with E-state index in [0.717, 1.165) is 19.5 Å². The van der Waals surface area contributed by atoms with Gasteiger partial charge >= 0.3 is 0 Å². The van der Waals surface area contributed by atoms with Crippen LogP contribution in [0.1, 0.15) is 27.4 Å². The van der Waals surface area contributed by atoms with E-state index in [2.05, 4.69) is 22.5 Å². The summed E-state index contributed by atoms with van der Waals surface area (Å²) < 4.78 is 1.95. The van der Waals surface area contributed by atoms with Crippen molar-refractivity contribution in [3.63, 3.8) is 0 Å². The van der Waals surface area contributed by atoms with Gasteiger partial charge in [-0.25, -0.2) is 0 Å². The number of aromatic nitrogens is 2. The van der Waals surface area contributed by atoms with Crippen molar-refractivity contribution in [1.82, 2.24) is 15.1 Å². The second-order valence-corrected chi connectivity index (χ2v) is 6.11. The van der Waals surface area contributed by atoms with Gasteiger partial charge in [-0.3, -0.25) is 4.68 Å². The summed E-state index contributed by atoms with van der Waals surface area (Å²) in [4.78, 5) is 3.11. The highest BCUT2D eigenvalue weighted by Crippen LogP contribution is 2.30. The van der Waals surface area contributed by atoms with Gasteiger partial charge in [-0.15, -0.1) is 11.3 Å². The van der Waals surface area contributed by atoms with E-state index in [-0.39, 0.29) is 0 Å². The first kappa shape index (κ1) is 11.9. The lowest BCUT2D eigenvalue weighted by Crippen LogP contribution is -2.17. The summed E-state index contributed by atoms with van der Waals surface area (Å²) >= 11 is 1.99. The largest absolute Gasteiger partial charge is 0.311 e. The number of aryl methyl sites for hydroxylation is 3. The molecule has 0 unspecified atom stereocenters. The first-order valence-corrected chi connectivity index (χ1v) is 7.42. The van der Waals surface area contributed by atoms with E-state index >= 15 is 0 Å². The van der Waals surface area contributed by atoms with Gasteiger partial charge in [0.15, 0.2) is 0 Å². The van der Waals surface area contributed by atoms with Crippen molar-refractivity contribution in [2.75, 3.05) is 6.54 Å². The Morgan fingerprint density at radius 2 is 2.39 bits per heavy atom. The summed E-state index contributed by atoms with van der Waals surface area (Å²) in [7, 11) is 2.00. The van der Waals surface area contributed by atoms with Crippen molar-refractivity contribution >= 4 is 11.3 Å². The lowest BCUT2D eigenvalue weighted by Gasteiger charge is -2.03. The van der Waals surface area contributed by atoms with Crippen LogP contribution in [0.15, 0.2) is 18.3 Å². The van der Waals surface area contributed by atoms with Crippen LogP contribution in [0.3, 0.4) is 0 Å². The molecule has 2 aromatic rings. The first-order chi connectivity index (χ1) is 8.83. The summed E-state index contributed by atoms with van der Waals surface area (Å²) in [6, 6.07) is 4.48. The molecule has 0 spiro atoms. The summed E-state index contributed by atoms with van der Waals surface area (Å²) in [5, 5.41) is 7.70. The highest BCUT2D eigenvalue weighted by Gasteiger charge is 2.14. The molecule has 96 valence electrons. The maximum atomic E-state index is 4.18. The van der Waals surface area contributed by atoms with Gasteiger partial charge in [0, 0.05) is 48.2 Å². The zero-order valence-electron chi connectivity index (χ0n) is 10.8. The standard InChI is InChI=1S/C14H19N3S/c1-17-12(6-8-16-17)5-7-15-10-13-9-11-3-2-4-14(11)18-13/h6,8-9,15H,2-5,7,10H2,1H3. The Morgan fingerprint density at radius 3 is 3.17 bits per heavy atom. The Labute approximate surface area is 112 Å². The summed E-state index contributed by atoms with van der Waals surface area (Å²) in [5.41, 5.74) is 2.89. The second kappa shape index (κ2) is 5.24. The van der Waals surface area contributed by atoms with E-state index in [0.29, 0.717) is 0 Å². The molecule has 2 heterocycles. The van der Waals surface area contributed by atoms with Crippen molar-refractivity contribution in [1.29, 1.82) is 0 Å². The molecule has 2 aromatic heterocycles. The molecule has 1 N–H and O–H groups in total. The van der Waals surface area contributed by atoms with Gasteiger partial charge in [-0.05, 0) is 37.0 Å². The molecule has 18 heavy (non-hydrogen) atoms. The molecular weight excluding hydrogens is 242 g/mol. The molecule has 0 saturated carbocycles. The predicted octanol–water partition coefficient (Wildman–Crippen LogP) is 2.30. The third-order valence-electron chi connectivity index (χ3n) is 3.58. The minimum atomic E-state index is 1.01. The molecule has 1 aliphatic carbocycles. The topological polar surface area (TPSA) is 29.9 Å². The Morgan fingerprint density at radius 1 is 1.44 bits per heavy atom. The maximum absolute atomic E-state index is 4.18. The molecule has 4 heteroatoms. The lowest BCUT2D eigenvalue weighted by atomic mass is 10.2. The van der Waals surface area contributed by atoms with Gasteiger partial charge in [0.2, 0.25) is 0 Å². The van der Waals surface area contributed by atoms with Crippen LogP contribution in [-0.2, 0) is 32.9 Å². The van der Waals surface area contributed by atoms with E-state index in [4.69, 9.17) is 0 Å². The fraction of sp³-hybridized carbons (Fsp3) is 0.500. The predicted molar refractivity (Wildman–Crippen MR) is 75.0 cm³/mol. The van der Waals surface area contributed by atoms with Crippen LogP contribution in [0.4, 0.5) is 0 Å². The van der Waals surface area contributed by atoms with E-state index < -0.39 is 0 Å². The van der Waals surface area contributed by atoms with Crippen LogP contribution in [0.5, 0.6) is 0 Å². The van der Waals surface area contributed by atoms with Gasteiger partial charge in [0.25, 0.3) is 0 Å². The number of rotatable bonds is 5. The normalized spacial score (nSPS) is 14.1. The Balaban J connectivity index is 1.46. The number of thiophene rings is 1. The number of nitrogens with zero attached hydrogens (tertiary/aromatic N) is 2. The number of fused-ring (bicyclic) bond motifs is 1. The van der Waals surface area contributed by atoms with Crippen LogP contribution in [-0.4, -0.2) is 16.3 Å². The number of hydrogen-bond donors (Lipinski definition) is 1. The number of hydrogen-bond acceptors (Lipinski definition) is 3. The average Bonchev–Trinajstić information content (AvgIpc) is 3.00.